The lowest BCUT2D eigenvalue weighted by Gasteiger charge is -2.42. The van der Waals surface area contributed by atoms with Crippen LogP contribution in [0.25, 0.3) is 0 Å². The largest absolute Gasteiger partial charge is 0.504 e. The highest BCUT2D eigenvalue weighted by Crippen LogP contribution is 2.52. The van der Waals surface area contributed by atoms with Crippen molar-refractivity contribution < 1.29 is 64.7 Å². The number of carbonyl (C=O) groups excluding carboxylic acids is 1. The van der Waals surface area contributed by atoms with E-state index in [2.05, 4.69) is 0 Å². The number of ketones is 1. The highest BCUT2D eigenvalue weighted by atomic mass is 16.7. The number of rotatable bonds is 6. The lowest BCUT2D eigenvalue weighted by Crippen LogP contribution is -2.61. The lowest BCUT2D eigenvalue weighted by atomic mass is 9.75. The van der Waals surface area contributed by atoms with Crippen LogP contribution in [0.5, 0.6) is 23.0 Å². The summed E-state index contributed by atoms with van der Waals surface area (Å²) in [5.74, 6) is -6.92. The Hall–Kier alpha value is -3.46. The summed E-state index contributed by atoms with van der Waals surface area (Å²) in [6.07, 6.45) is -9.90. The molecular weight excluding hydrogens is 484 g/mol. The number of aromatic hydroxyl groups is 2. The van der Waals surface area contributed by atoms with Crippen LogP contribution in [0.15, 0.2) is 36.4 Å². The van der Waals surface area contributed by atoms with Gasteiger partial charge in [-0.25, -0.2) is 4.79 Å². The van der Waals surface area contributed by atoms with Crippen LogP contribution in [0.4, 0.5) is 0 Å². The van der Waals surface area contributed by atoms with Gasteiger partial charge in [0.2, 0.25) is 12.0 Å². The quantitative estimate of drug-likeness (QED) is 0.207. The van der Waals surface area contributed by atoms with Crippen LogP contribution in [0.2, 0.25) is 0 Å². The number of carboxylic acid groups (broad SMARTS) is 1. The van der Waals surface area contributed by atoms with E-state index in [0.717, 1.165) is 6.07 Å². The van der Waals surface area contributed by atoms with E-state index in [-0.39, 0.29) is 5.75 Å². The van der Waals surface area contributed by atoms with Gasteiger partial charge in [-0.2, -0.15) is 0 Å². The smallest absolute Gasteiger partial charge is 0.335 e. The van der Waals surface area contributed by atoms with E-state index in [9.17, 15) is 50.4 Å². The summed E-state index contributed by atoms with van der Waals surface area (Å²) in [6, 6.07) is 8.97. The third-order valence-electron chi connectivity index (χ3n) is 6.36. The number of carbonyl (C=O) groups is 2. The topological polar surface area (TPSA) is 224 Å². The fourth-order valence-corrected chi connectivity index (χ4v) is 4.39. The molecule has 8 N–H and O–H groups in total. The van der Waals surface area contributed by atoms with E-state index in [0.29, 0.717) is 5.56 Å². The Morgan fingerprint density at radius 3 is 2.25 bits per heavy atom. The van der Waals surface area contributed by atoms with E-state index in [4.69, 9.17) is 14.2 Å². The van der Waals surface area contributed by atoms with Crippen molar-refractivity contribution in [1.29, 1.82) is 0 Å². The van der Waals surface area contributed by atoms with Crippen molar-refractivity contribution in [2.45, 2.75) is 36.3 Å². The molecule has 0 amide bonds. The molecule has 13 heteroatoms. The van der Waals surface area contributed by atoms with Crippen LogP contribution in [-0.4, -0.2) is 96.5 Å². The molecule has 1 saturated heterocycles. The summed E-state index contributed by atoms with van der Waals surface area (Å²) in [4.78, 5) is 24.6. The van der Waals surface area contributed by atoms with Gasteiger partial charge in [-0.05, 0) is 5.56 Å². The fourth-order valence-electron chi connectivity index (χ4n) is 4.39. The average molecular weight is 508 g/mol. The predicted octanol–water partition coefficient (Wildman–Crippen LogP) is -1.56. The molecule has 0 spiro atoms. The molecule has 2 aromatic carbocycles. The maximum atomic E-state index is 13.3. The van der Waals surface area contributed by atoms with Crippen molar-refractivity contribution in [1.82, 2.24) is 0 Å². The van der Waals surface area contributed by atoms with E-state index >= 15 is 0 Å². The molecule has 4 rings (SSSR count). The number of fused-ring (bicyclic) bond motifs is 1. The molecule has 0 unspecified atom stereocenters. The second-order valence-electron chi connectivity index (χ2n) is 8.41. The average Bonchev–Trinajstić information content (AvgIpc) is 2.87. The standard InChI is InChI=1S/C23H24O13/c24-7-10-14(26)13-11(36-23(10,8-25)9-4-2-1-3-5-9)6-12(15(27)16(13)28)34-22-19(31)17(29)18(30)20(35-22)21(32)33/h1-6,10,17-20,22,24-25,27-31H,7-8H2,(H,32,33)/t10-,17+,18+,19-,20+,22-,23+/m1/s1. The number of phenols is 2. The van der Waals surface area contributed by atoms with Gasteiger partial charge in [-0.3, -0.25) is 4.79 Å². The molecule has 7 atom stereocenters. The van der Waals surface area contributed by atoms with E-state index in [1.54, 1.807) is 30.3 Å². The summed E-state index contributed by atoms with van der Waals surface area (Å²) in [7, 11) is 0. The monoisotopic (exact) mass is 508 g/mol. The Morgan fingerprint density at radius 1 is 1.00 bits per heavy atom. The minimum Gasteiger partial charge on any atom is -0.504 e. The Kier molecular flexibility index (Phi) is 6.79. The van der Waals surface area contributed by atoms with Gasteiger partial charge in [-0.1, -0.05) is 30.3 Å². The summed E-state index contributed by atoms with van der Waals surface area (Å²) in [5, 5.41) is 80.5. The summed E-state index contributed by atoms with van der Waals surface area (Å²) < 4.78 is 16.3. The molecule has 2 aromatic rings. The Morgan fingerprint density at radius 2 is 1.67 bits per heavy atom. The Bertz CT molecular complexity index is 1150. The summed E-state index contributed by atoms with van der Waals surface area (Å²) >= 11 is 0. The van der Waals surface area contributed by atoms with Crippen molar-refractivity contribution in [3.63, 3.8) is 0 Å². The number of hydrogen-bond donors (Lipinski definition) is 8. The third kappa shape index (κ3) is 3.91. The molecule has 0 bridgehead atoms. The van der Waals surface area contributed by atoms with Crippen LogP contribution >= 0.6 is 0 Å². The van der Waals surface area contributed by atoms with Gasteiger partial charge in [0.15, 0.2) is 29.0 Å². The van der Waals surface area contributed by atoms with Gasteiger partial charge in [-0.15, -0.1) is 0 Å². The summed E-state index contributed by atoms with van der Waals surface area (Å²) in [5.41, 5.74) is -1.97. The first-order valence-corrected chi connectivity index (χ1v) is 10.8. The second-order valence-corrected chi connectivity index (χ2v) is 8.41. The summed E-state index contributed by atoms with van der Waals surface area (Å²) in [6.45, 7) is -1.54. The number of carboxylic acids is 1. The van der Waals surface area contributed by atoms with Crippen LogP contribution < -0.4 is 9.47 Å². The number of hydrogen-bond acceptors (Lipinski definition) is 12. The lowest BCUT2D eigenvalue weighted by molar-refractivity contribution is -0.271. The van der Waals surface area contributed by atoms with Gasteiger partial charge < -0.3 is 55.1 Å². The Balaban J connectivity index is 1.77. The third-order valence-corrected chi connectivity index (χ3v) is 6.36. The van der Waals surface area contributed by atoms with Crippen molar-refractivity contribution in [3.05, 3.63) is 47.5 Å². The number of Topliss-reactive ketones (excluding diaryl/α,β-unsaturated/α-hetero) is 1. The van der Waals surface area contributed by atoms with Gasteiger partial charge in [0.1, 0.15) is 29.6 Å². The first kappa shape index (κ1) is 25.6. The number of aliphatic hydroxyl groups is 5. The molecule has 194 valence electrons. The van der Waals surface area contributed by atoms with Gasteiger partial charge in [0.25, 0.3) is 0 Å². The molecule has 13 nitrogen and oxygen atoms in total. The zero-order valence-electron chi connectivity index (χ0n) is 18.5. The maximum absolute atomic E-state index is 13.3. The van der Waals surface area contributed by atoms with E-state index in [1.165, 1.54) is 0 Å². The van der Waals surface area contributed by atoms with Crippen molar-refractivity contribution >= 4 is 11.8 Å². The first-order valence-electron chi connectivity index (χ1n) is 10.8. The molecule has 1 fully saturated rings. The van der Waals surface area contributed by atoms with Crippen LogP contribution in [0.1, 0.15) is 15.9 Å². The highest BCUT2D eigenvalue weighted by Gasteiger charge is 2.53. The molecule has 2 heterocycles. The number of ether oxygens (including phenoxy) is 3. The van der Waals surface area contributed by atoms with Crippen molar-refractivity contribution in [2.24, 2.45) is 5.92 Å². The number of phenolic OH excluding ortho intramolecular Hbond substituents is 2. The van der Waals surface area contributed by atoms with Crippen LogP contribution in [0, 0.1) is 5.92 Å². The SMILES string of the molecule is O=C(O)[C@H]1O[C@@H](Oc2cc3c(c(O)c2O)C(=O)[C@@H](CO)[C@](CO)(c2ccccc2)O3)[C@H](O)[C@@H](O)[C@@H]1O. The Labute approximate surface area is 203 Å². The molecular formula is C23H24O13. The van der Waals surface area contributed by atoms with Gasteiger partial charge in [0, 0.05) is 6.07 Å². The number of aliphatic hydroxyl groups excluding tert-OH is 5. The number of benzene rings is 2. The number of aliphatic carboxylic acids is 1. The van der Waals surface area contributed by atoms with Gasteiger partial charge in [0.05, 0.1) is 19.1 Å². The molecule has 36 heavy (non-hydrogen) atoms. The zero-order valence-corrected chi connectivity index (χ0v) is 18.5. The van der Waals surface area contributed by atoms with E-state index < -0.39 is 90.0 Å². The second kappa shape index (κ2) is 9.54. The zero-order chi connectivity index (χ0) is 26.4. The first-order chi connectivity index (χ1) is 17.1. The molecule has 2 aliphatic rings. The molecule has 0 radical (unpaired) electrons. The molecule has 0 aromatic heterocycles. The minimum absolute atomic E-state index is 0.327. The molecule has 0 aliphatic carbocycles. The molecule has 0 saturated carbocycles. The van der Waals surface area contributed by atoms with Crippen molar-refractivity contribution in [3.8, 4) is 23.0 Å². The normalized spacial score (nSPS) is 31.9. The van der Waals surface area contributed by atoms with Crippen molar-refractivity contribution in [2.75, 3.05) is 13.2 Å². The highest BCUT2D eigenvalue weighted by molar-refractivity contribution is 6.05. The molecule has 2 aliphatic heterocycles. The fraction of sp³-hybridized carbons (Fsp3) is 0.391. The van der Waals surface area contributed by atoms with Gasteiger partial charge >= 0.3 is 5.97 Å². The maximum Gasteiger partial charge on any atom is 0.335 e. The van der Waals surface area contributed by atoms with Crippen LogP contribution in [0.3, 0.4) is 0 Å². The predicted molar refractivity (Wildman–Crippen MR) is 115 cm³/mol. The van der Waals surface area contributed by atoms with Crippen LogP contribution in [-0.2, 0) is 15.1 Å². The van der Waals surface area contributed by atoms with E-state index in [1.807, 2.05) is 0 Å². The minimum atomic E-state index is -2.00.